The van der Waals surface area contributed by atoms with E-state index in [0.717, 1.165) is 17.8 Å². The molecule has 0 fully saturated rings. The molecule has 0 radical (unpaired) electrons. The van der Waals surface area contributed by atoms with Crippen molar-refractivity contribution in [2.24, 2.45) is 0 Å². The standard InChI is InChI=1S/C39H50N2/c1-4-6-8-10-38(34-20-24-36(40)25-21-34)32-14-12-30(13-15-32)28-29(3)31-16-18-33(19-17-31)39(11-9-7-5-2)35-22-26-37(41)27-23-35/h12-27,29,38-39H,4-11,28,40-41H2,1-3H3. The number of benzene rings is 4. The van der Waals surface area contributed by atoms with Crippen LogP contribution in [0.25, 0.3) is 0 Å². The highest BCUT2D eigenvalue weighted by Crippen LogP contribution is 2.33. The number of anilines is 2. The van der Waals surface area contributed by atoms with Crippen molar-refractivity contribution >= 4 is 11.4 Å². The molecular formula is C39H50N2. The average Bonchev–Trinajstić information content (AvgIpc) is 3.00. The number of unbranched alkanes of at least 4 members (excludes halogenated alkanes) is 4. The van der Waals surface area contributed by atoms with E-state index in [1.54, 1.807) is 0 Å². The zero-order chi connectivity index (χ0) is 29.0. The van der Waals surface area contributed by atoms with Crippen LogP contribution in [-0.4, -0.2) is 0 Å². The number of nitrogens with two attached hydrogens (primary N) is 2. The number of nitrogen functional groups attached to an aromatic ring is 2. The Morgan fingerprint density at radius 1 is 0.463 bits per heavy atom. The summed E-state index contributed by atoms with van der Waals surface area (Å²) in [4.78, 5) is 0. The van der Waals surface area contributed by atoms with Gasteiger partial charge in [-0.15, -0.1) is 0 Å². The molecule has 3 atom stereocenters. The van der Waals surface area contributed by atoms with E-state index in [0.29, 0.717) is 17.8 Å². The van der Waals surface area contributed by atoms with Crippen LogP contribution >= 0.6 is 0 Å². The van der Waals surface area contributed by atoms with E-state index in [2.05, 4.69) is 93.6 Å². The molecule has 2 heteroatoms. The molecular weight excluding hydrogens is 496 g/mol. The van der Waals surface area contributed by atoms with Crippen LogP contribution < -0.4 is 11.5 Å². The molecule has 4 N–H and O–H groups in total. The van der Waals surface area contributed by atoms with Crippen molar-refractivity contribution in [3.8, 4) is 0 Å². The van der Waals surface area contributed by atoms with Gasteiger partial charge >= 0.3 is 0 Å². The first kappa shape index (κ1) is 30.4. The van der Waals surface area contributed by atoms with Gasteiger partial charge in [-0.3, -0.25) is 0 Å². The number of hydrogen-bond acceptors (Lipinski definition) is 2. The van der Waals surface area contributed by atoms with Crippen LogP contribution in [0.1, 0.15) is 123 Å². The maximum absolute atomic E-state index is 5.98. The van der Waals surface area contributed by atoms with Gasteiger partial charge in [0.05, 0.1) is 0 Å². The maximum Gasteiger partial charge on any atom is 0.0314 e. The van der Waals surface area contributed by atoms with Crippen LogP contribution in [-0.2, 0) is 6.42 Å². The van der Waals surface area contributed by atoms with Crippen LogP contribution in [0.15, 0.2) is 97.1 Å². The molecule has 216 valence electrons. The minimum absolute atomic E-state index is 0.422. The van der Waals surface area contributed by atoms with Crippen LogP contribution in [0.2, 0.25) is 0 Å². The van der Waals surface area contributed by atoms with Gasteiger partial charge in [-0.05, 0) is 82.8 Å². The highest BCUT2D eigenvalue weighted by Gasteiger charge is 2.17. The molecule has 0 spiro atoms. The third kappa shape index (κ3) is 8.73. The molecule has 3 unspecified atom stereocenters. The quantitative estimate of drug-likeness (QED) is 0.115. The summed E-state index contributed by atoms with van der Waals surface area (Å²) in [7, 11) is 0. The van der Waals surface area contributed by atoms with Crippen molar-refractivity contribution in [1.82, 2.24) is 0 Å². The second-order valence-electron chi connectivity index (χ2n) is 11.9. The van der Waals surface area contributed by atoms with E-state index >= 15 is 0 Å². The summed E-state index contributed by atoms with van der Waals surface area (Å²) in [6, 6.07) is 35.8. The molecule has 4 aromatic carbocycles. The fraction of sp³-hybridized carbons (Fsp3) is 0.385. The Bertz CT molecular complexity index is 1290. The molecule has 4 rings (SSSR count). The average molecular weight is 547 g/mol. The molecule has 0 aliphatic heterocycles. The fourth-order valence-electron chi connectivity index (χ4n) is 6.12. The first-order valence-corrected chi connectivity index (χ1v) is 15.9. The summed E-state index contributed by atoms with van der Waals surface area (Å²) < 4.78 is 0. The summed E-state index contributed by atoms with van der Waals surface area (Å²) in [5.41, 5.74) is 22.0. The van der Waals surface area contributed by atoms with Gasteiger partial charge in [0.2, 0.25) is 0 Å². The van der Waals surface area contributed by atoms with Crippen LogP contribution in [0.4, 0.5) is 11.4 Å². The van der Waals surface area contributed by atoms with Gasteiger partial charge in [-0.25, -0.2) is 0 Å². The van der Waals surface area contributed by atoms with Gasteiger partial charge in [-0.1, -0.05) is 132 Å². The predicted octanol–water partition coefficient (Wildman–Crippen LogP) is 10.6. The molecule has 0 aliphatic carbocycles. The smallest absolute Gasteiger partial charge is 0.0314 e. The zero-order valence-corrected chi connectivity index (χ0v) is 25.5. The molecule has 0 bridgehead atoms. The van der Waals surface area contributed by atoms with Crippen molar-refractivity contribution in [2.45, 2.75) is 96.3 Å². The van der Waals surface area contributed by atoms with Crippen molar-refractivity contribution in [3.05, 3.63) is 130 Å². The van der Waals surface area contributed by atoms with E-state index in [1.807, 2.05) is 24.3 Å². The Kier molecular flexibility index (Phi) is 11.5. The first-order chi connectivity index (χ1) is 20.0. The summed E-state index contributed by atoms with van der Waals surface area (Å²) in [5, 5.41) is 0. The lowest BCUT2D eigenvalue weighted by Gasteiger charge is -2.20. The van der Waals surface area contributed by atoms with E-state index in [1.165, 1.54) is 84.7 Å². The van der Waals surface area contributed by atoms with Crippen molar-refractivity contribution < 1.29 is 0 Å². The van der Waals surface area contributed by atoms with Gasteiger partial charge in [0.1, 0.15) is 0 Å². The summed E-state index contributed by atoms with van der Waals surface area (Å²) in [5.74, 6) is 1.31. The van der Waals surface area contributed by atoms with Gasteiger partial charge in [0.15, 0.2) is 0 Å². The Morgan fingerprint density at radius 2 is 0.805 bits per heavy atom. The minimum Gasteiger partial charge on any atom is -0.399 e. The Balaban J connectivity index is 1.44. The highest BCUT2D eigenvalue weighted by atomic mass is 14.5. The molecule has 4 aromatic rings. The van der Waals surface area contributed by atoms with Crippen LogP contribution in [0, 0.1) is 0 Å². The van der Waals surface area contributed by atoms with Gasteiger partial charge in [0.25, 0.3) is 0 Å². The lowest BCUT2D eigenvalue weighted by Crippen LogP contribution is -2.04. The molecule has 0 aliphatic rings. The van der Waals surface area contributed by atoms with Gasteiger partial charge in [-0.2, -0.15) is 0 Å². The Hall–Kier alpha value is -3.52. The molecule has 0 aromatic heterocycles. The van der Waals surface area contributed by atoms with E-state index in [9.17, 15) is 0 Å². The monoisotopic (exact) mass is 546 g/mol. The van der Waals surface area contributed by atoms with E-state index < -0.39 is 0 Å². The third-order valence-electron chi connectivity index (χ3n) is 8.70. The third-order valence-corrected chi connectivity index (χ3v) is 8.70. The van der Waals surface area contributed by atoms with Crippen molar-refractivity contribution in [2.75, 3.05) is 11.5 Å². The SMILES string of the molecule is CCCCCC(c1ccc(N)cc1)c1ccc(CC(C)c2ccc(C(CCCCC)c3ccc(N)cc3)cc2)cc1. The highest BCUT2D eigenvalue weighted by molar-refractivity contribution is 5.44. The largest absolute Gasteiger partial charge is 0.399 e. The molecule has 0 saturated heterocycles. The fourth-order valence-corrected chi connectivity index (χ4v) is 6.12. The number of rotatable bonds is 15. The van der Waals surface area contributed by atoms with Gasteiger partial charge in [0, 0.05) is 23.2 Å². The van der Waals surface area contributed by atoms with Crippen LogP contribution in [0.3, 0.4) is 0 Å². The molecule has 0 amide bonds. The summed E-state index contributed by atoms with van der Waals surface area (Å²) in [6.45, 7) is 6.89. The molecule has 0 heterocycles. The first-order valence-electron chi connectivity index (χ1n) is 15.9. The summed E-state index contributed by atoms with van der Waals surface area (Å²) in [6.07, 6.45) is 10.9. The maximum atomic E-state index is 5.98. The van der Waals surface area contributed by atoms with E-state index in [4.69, 9.17) is 11.5 Å². The lowest BCUT2D eigenvalue weighted by atomic mass is 9.84. The van der Waals surface area contributed by atoms with Gasteiger partial charge < -0.3 is 11.5 Å². The second-order valence-corrected chi connectivity index (χ2v) is 11.9. The van der Waals surface area contributed by atoms with Crippen molar-refractivity contribution in [3.63, 3.8) is 0 Å². The van der Waals surface area contributed by atoms with E-state index in [-0.39, 0.29) is 0 Å². The molecule has 0 saturated carbocycles. The molecule has 2 nitrogen and oxygen atoms in total. The minimum atomic E-state index is 0.422. The normalized spacial score (nSPS) is 13.5. The second kappa shape index (κ2) is 15.5. The van der Waals surface area contributed by atoms with Crippen molar-refractivity contribution in [1.29, 1.82) is 0 Å². The number of hydrogen-bond donors (Lipinski definition) is 2. The topological polar surface area (TPSA) is 52.0 Å². The zero-order valence-electron chi connectivity index (χ0n) is 25.5. The molecule has 41 heavy (non-hydrogen) atoms. The summed E-state index contributed by atoms with van der Waals surface area (Å²) >= 11 is 0. The Morgan fingerprint density at radius 3 is 1.20 bits per heavy atom. The van der Waals surface area contributed by atoms with Crippen LogP contribution in [0.5, 0.6) is 0 Å². The predicted molar refractivity (Wildman–Crippen MR) is 179 cm³/mol. The Labute approximate surface area is 249 Å². The lowest BCUT2D eigenvalue weighted by molar-refractivity contribution is 0.618.